The lowest BCUT2D eigenvalue weighted by molar-refractivity contribution is 0.382. The molecule has 3 rings (SSSR count). The molecule has 1 heteroatoms. The lowest BCUT2D eigenvalue weighted by atomic mass is 10.1. The third-order valence-corrected chi connectivity index (χ3v) is 3.23. The molecular formula is C14H19N. The van der Waals surface area contributed by atoms with Crippen molar-refractivity contribution in [1.29, 1.82) is 0 Å². The first-order chi connectivity index (χ1) is 7.35. The molecular weight excluding hydrogens is 182 g/mol. The summed E-state index contributed by atoms with van der Waals surface area (Å²) in [5.41, 5.74) is 2.63. The summed E-state index contributed by atoms with van der Waals surface area (Å²) in [6.45, 7) is 8.70. The van der Waals surface area contributed by atoms with Gasteiger partial charge in [0.2, 0.25) is 0 Å². The smallest absolute Gasteiger partial charge is 0.0236 e. The Morgan fingerprint density at radius 1 is 1.47 bits per heavy atom. The van der Waals surface area contributed by atoms with Gasteiger partial charge in [-0.15, -0.1) is 0 Å². The molecule has 15 heavy (non-hydrogen) atoms. The van der Waals surface area contributed by atoms with Crippen molar-refractivity contribution in [3.05, 3.63) is 42.0 Å². The normalized spacial score (nSPS) is 25.4. The fraction of sp³-hybridized carbons (Fsp3) is 0.429. The van der Waals surface area contributed by atoms with Gasteiger partial charge in [-0.25, -0.2) is 0 Å². The Morgan fingerprint density at radius 2 is 2.20 bits per heavy atom. The molecule has 0 N–H and O–H groups in total. The van der Waals surface area contributed by atoms with Gasteiger partial charge in [0.1, 0.15) is 0 Å². The first-order valence-electron chi connectivity index (χ1n) is 5.79. The van der Waals surface area contributed by atoms with Crippen molar-refractivity contribution < 1.29 is 0 Å². The highest BCUT2D eigenvalue weighted by atomic mass is 15.4. The molecule has 80 valence electrons. The Bertz CT molecular complexity index is 331. The predicted octanol–water partition coefficient (Wildman–Crippen LogP) is 2.97. The van der Waals surface area contributed by atoms with Crippen molar-refractivity contribution in [3.8, 4) is 0 Å². The zero-order chi connectivity index (χ0) is 10.7. The molecule has 2 unspecified atom stereocenters. The van der Waals surface area contributed by atoms with Crippen LogP contribution in [0.1, 0.15) is 24.5 Å². The third-order valence-electron chi connectivity index (χ3n) is 3.23. The number of rotatable bonds is 2. The average Bonchev–Trinajstić information content (AvgIpc) is 2.86. The van der Waals surface area contributed by atoms with Gasteiger partial charge in [0.25, 0.3) is 0 Å². The minimum atomic E-state index is 1.06. The van der Waals surface area contributed by atoms with Crippen molar-refractivity contribution in [1.82, 2.24) is 4.90 Å². The summed E-state index contributed by atoms with van der Waals surface area (Å²) in [6.07, 6.45) is 4.47. The van der Waals surface area contributed by atoms with E-state index in [1.807, 2.05) is 12.1 Å². The summed E-state index contributed by atoms with van der Waals surface area (Å²) in [6, 6.07) is 9.39. The van der Waals surface area contributed by atoms with Gasteiger partial charge in [0.15, 0.2) is 0 Å². The van der Waals surface area contributed by atoms with Crippen LogP contribution in [0.25, 0.3) is 6.08 Å². The molecule has 0 amide bonds. The summed E-state index contributed by atoms with van der Waals surface area (Å²) in [5, 5.41) is 0. The van der Waals surface area contributed by atoms with E-state index in [0.29, 0.717) is 0 Å². The monoisotopic (exact) mass is 201 g/mol. The van der Waals surface area contributed by atoms with Crippen molar-refractivity contribution in [3.63, 3.8) is 0 Å². The van der Waals surface area contributed by atoms with Crippen LogP contribution in [0, 0.1) is 0 Å². The zero-order valence-corrected chi connectivity index (χ0v) is 9.45. The summed E-state index contributed by atoms with van der Waals surface area (Å²) in [5.74, 6) is 0. The molecule has 1 aromatic carbocycles. The molecule has 2 fully saturated rings. The summed E-state index contributed by atoms with van der Waals surface area (Å²) < 4.78 is 0. The number of benzene rings is 1. The van der Waals surface area contributed by atoms with Crippen LogP contribution in [0.15, 0.2) is 30.8 Å². The van der Waals surface area contributed by atoms with Gasteiger partial charge >= 0.3 is 0 Å². The van der Waals surface area contributed by atoms with Gasteiger partial charge < -0.3 is 0 Å². The molecule has 1 nitrogen and oxygen atoms in total. The van der Waals surface area contributed by atoms with Crippen molar-refractivity contribution in [2.45, 2.75) is 25.8 Å². The highest BCUT2D eigenvalue weighted by Crippen LogP contribution is 2.30. The Kier molecular flexibility index (Phi) is 3.22. The van der Waals surface area contributed by atoms with E-state index in [9.17, 15) is 0 Å². The molecule has 0 saturated carbocycles. The Morgan fingerprint density at radius 3 is 2.53 bits per heavy atom. The quantitative estimate of drug-likeness (QED) is 0.665. The van der Waals surface area contributed by atoms with Gasteiger partial charge in [-0.2, -0.15) is 0 Å². The van der Waals surface area contributed by atoms with E-state index in [2.05, 4.69) is 36.6 Å². The molecule has 0 spiro atoms. The zero-order valence-electron chi connectivity index (χ0n) is 9.45. The van der Waals surface area contributed by atoms with E-state index < -0.39 is 0 Å². The molecule has 0 radical (unpaired) electrons. The topological polar surface area (TPSA) is 3.01 Å². The van der Waals surface area contributed by atoms with Gasteiger partial charge in [-0.1, -0.05) is 43.8 Å². The van der Waals surface area contributed by atoms with Gasteiger partial charge in [0.05, 0.1) is 0 Å². The summed E-state index contributed by atoms with van der Waals surface area (Å²) in [7, 11) is 0. The summed E-state index contributed by atoms with van der Waals surface area (Å²) >= 11 is 0. The maximum atomic E-state index is 3.74. The standard InChI is InChI=1S/C10H12.C4H7N/c1-3-9-7-5-6-8-10(9)4-2;1-2-5-3-4(1)5/h3,5-8H,1,4H2,2H3;4H,1-3H2. The molecule has 1 aromatic rings. The van der Waals surface area contributed by atoms with E-state index in [0.717, 1.165) is 12.5 Å². The fourth-order valence-electron chi connectivity index (χ4n) is 1.96. The van der Waals surface area contributed by atoms with Crippen LogP contribution in [-0.4, -0.2) is 24.0 Å². The number of hydrogen-bond acceptors (Lipinski definition) is 1. The van der Waals surface area contributed by atoms with Gasteiger partial charge in [-0.3, -0.25) is 4.90 Å². The van der Waals surface area contributed by atoms with E-state index >= 15 is 0 Å². The molecule has 2 saturated heterocycles. The molecule has 0 aliphatic carbocycles. The van der Waals surface area contributed by atoms with E-state index in [4.69, 9.17) is 0 Å². The number of fused-ring (bicyclic) bond motifs is 1. The fourth-order valence-corrected chi connectivity index (χ4v) is 1.96. The first-order valence-corrected chi connectivity index (χ1v) is 5.79. The highest BCUT2D eigenvalue weighted by Gasteiger charge is 2.41. The summed E-state index contributed by atoms with van der Waals surface area (Å²) in [4.78, 5) is 2.47. The molecule has 2 heterocycles. The Hall–Kier alpha value is -1.08. The minimum Gasteiger partial charge on any atom is -0.297 e. The predicted molar refractivity (Wildman–Crippen MR) is 65.9 cm³/mol. The van der Waals surface area contributed by atoms with Crippen molar-refractivity contribution >= 4 is 6.08 Å². The Balaban J connectivity index is 0.000000139. The van der Waals surface area contributed by atoms with Crippen LogP contribution in [0.3, 0.4) is 0 Å². The van der Waals surface area contributed by atoms with E-state index in [-0.39, 0.29) is 0 Å². The second-order valence-corrected chi connectivity index (χ2v) is 4.19. The SMILES string of the molecule is C1CN2CC12.C=Cc1ccccc1CC. The van der Waals surface area contributed by atoms with Crippen LogP contribution in [0.2, 0.25) is 0 Å². The average molecular weight is 201 g/mol. The van der Waals surface area contributed by atoms with Crippen LogP contribution in [0.4, 0.5) is 0 Å². The van der Waals surface area contributed by atoms with Crippen LogP contribution in [-0.2, 0) is 6.42 Å². The lowest BCUT2D eigenvalue weighted by Gasteiger charge is -2.08. The molecule has 0 bridgehead atoms. The van der Waals surface area contributed by atoms with Crippen molar-refractivity contribution in [2.75, 3.05) is 13.1 Å². The number of nitrogens with zero attached hydrogens (tertiary/aromatic N) is 1. The van der Waals surface area contributed by atoms with E-state index in [1.54, 1.807) is 0 Å². The highest BCUT2D eigenvalue weighted by molar-refractivity contribution is 5.51. The maximum absolute atomic E-state index is 3.74. The lowest BCUT2D eigenvalue weighted by Crippen LogP contribution is -2.16. The molecule has 2 aliphatic rings. The van der Waals surface area contributed by atoms with Gasteiger partial charge in [-0.05, 0) is 24.0 Å². The van der Waals surface area contributed by atoms with E-state index in [1.165, 1.54) is 30.6 Å². The Labute approximate surface area is 92.4 Å². The minimum absolute atomic E-state index is 1.06. The molecule has 0 aromatic heterocycles. The third kappa shape index (κ3) is 2.48. The van der Waals surface area contributed by atoms with Crippen molar-refractivity contribution in [2.24, 2.45) is 0 Å². The van der Waals surface area contributed by atoms with Crippen LogP contribution < -0.4 is 0 Å². The van der Waals surface area contributed by atoms with Crippen LogP contribution in [0.5, 0.6) is 0 Å². The first kappa shape index (κ1) is 10.4. The second-order valence-electron chi connectivity index (χ2n) is 4.19. The van der Waals surface area contributed by atoms with Gasteiger partial charge in [0, 0.05) is 19.1 Å². The molecule has 2 atom stereocenters. The maximum Gasteiger partial charge on any atom is 0.0236 e. The number of hydrogen-bond donors (Lipinski definition) is 0. The largest absolute Gasteiger partial charge is 0.297 e. The molecule has 2 aliphatic heterocycles. The van der Waals surface area contributed by atoms with Crippen LogP contribution >= 0.6 is 0 Å². The number of aryl methyl sites for hydroxylation is 1. The second kappa shape index (κ2) is 4.63.